The third-order valence-corrected chi connectivity index (χ3v) is 4.16. The van der Waals surface area contributed by atoms with E-state index in [-0.39, 0.29) is 11.4 Å². The van der Waals surface area contributed by atoms with Crippen LogP contribution in [-0.2, 0) is 22.4 Å². The summed E-state index contributed by atoms with van der Waals surface area (Å²) in [4.78, 5) is 11.8. The summed E-state index contributed by atoms with van der Waals surface area (Å²) in [6.07, 6.45) is 5.59. The second kappa shape index (κ2) is 4.52. The molecule has 1 fully saturated rings. The molecule has 0 N–H and O–H groups in total. The lowest BCUT2D eigenvalue weighted by atomic mass is 9.96. The molecule has 0 bridgehead atoms. The normalized spacial score (nSPS) is 27.5. The van der Waals surface area contributed by atoms with E-state index in [0.717, 1.165) is 38.0 Å². The maximum Gasteiger partial charge on any atom is 0.164 e. The standard InChI is InChI=1S/C14H19NO3/c1-17-14(6-8-18-10-14)9-15-7-5-11-12(15)3-2-4-13(11)16/h5,7H,2-4,6,8-10H2,1H3. The Hall–Kier alpha value is -1.13. The third kappa shape index (κ3) is 1.89. The Balaban J connectivity index is 1.87. The number of ketones is 1. The van der Waals surface area contributed by atoms with E-state index >= 15 is 0 Å². The number of carbonyl (C=O) groups is 1. The van der Waals surface area contributed by atoms with Gasteiger partial charge in [0.1, 0.15) is 5.60 Å². The smallest absolute Gasteiger partial charge is 0.164 e. The molecule has 1 aliphatic heterocycles. The van der Waals surface area contributed by atoms with Gasteiger partial charge in [0.2, 0.25) is 0 Å². The zero-order valence-corrected chi connectivity index (χ0v) is 10.8. The third-order valence-electron chi connectivity index (χ3n) is 4.16. The number of carbonyl (C=O) groups excluding carboxylic acids is 1. The van der Waals surface area contributed by atoms with E-state index < -0.39 is 0 Å². The van der Waals surface area contributed by atoms with Crippen LogP contribution in [0.5, 0.6) is 0 Å². The summed E-state index contributed by atoms with van der Waals surface area (Å²) in [5, 5.41) is 0. The van der Waals surface area contributed by atoms with E-state index in [1.54, 1.807) is 7.11 Å². The minimum atomic E-state index is -0.215. The van der Waals surface area contributed by atoms with E-state index in [4.69, 9.17) is 9.47 Å². The van der Waals surface area contributed by atoms with Crippen LogP contribution in [0.25, 0.3) is 0 Å². The van der Waals surface area contributed by atoms with Gasteiger partial charge in [-0.1, -0.05) is 0 Å². The van der Waals surface area contributed by atoms with Crippen LogP contribution >= 0.6 is 0 Å². The number of nitrogens with zero attached hydrogens (tertiary/aromatic N) is 1. The van der Waals surface area contributed by atoms with Crippen molar-refractivity contribution in [1.29, 1.82) is 0 Å². The van der Waals surface area contributed by atoms with Crippen LogP contribution in [0.2, 0.25) is 0 Å². The number of fused-ring (bicyclic) bond motifs is 1. The van der Waals surface area contributed by atoms with Gasteiger partial charge in [0.05, 0.1) is 13.2 Å². The van der Waals surface area contributed by atoms with Gasteiger partial charge in [-0.3, -0.25) is 4.79 Å². The molecule has 4 heteroatoms. The number of Topliss-reactive ketones (excluding diaryl/α,β-unsaturated/α-hetero) is 1. The van der Waals surface area contributed by atoms with Crippen molar-refractivity contribution >= 4 is 5.78 Å². The van der Waals surface area contributed by atoms with Gasteiger partial charge in [-0.15, -0.1) is 0 Å². The second-order valence-electron chi connectivity index (χ2n) is 5.27. The largest absolute Gasteiger partial charge is 0.378 e. The van der Waals surface area contributed by atoms with Gasteiger partial charge in [-0.05, 0) is 18.9 Å². The molecule has 1 unspecified atom stereocenters. The van der Waals surface area contributed by atoms with Crippen LogP contribution in [0, 0.1) is 0 Å². The summed E-state index contributed by atoms with van der Waals surface area (Å²) < 4.78 is 13.3. The monoisotopic (exact) mass is 249 g/mol. The van der Waals surface area contributed by atoms with Gasteiger partial charge in [-0.2, -0.15) is 0 Å². The Morgan fingerprint density at radius 1 is 1.50 bits per heavy atom. The van der Waals surface area contributed by atoms with Gasteiger partial charge in [-0.25, -0.2) is 0 Å². The quantitative estimate of drug-likeness (QED) is 0.820. The lowest BCUT2D eigenvalue weighted by molar-refractivity contribution is -0.0299. The molecule has 0 radical (unpaired) electrons. The summed E-state index contributed by atoms with van der Waals surface area (Å²) in [5.74, 6) is 0.282. The van der Waals surface area contributed by atoms with Crippen molar-refractivity contribution in [3.8, 4) is 0 Å². The molecule has 1 aromatic heterocycles. The van der Waals surface area contributed by atoms with E-state index in [2.05, 4.69) is 4.57 Å². The van der Waals surface area contributed by atoms with Crippen molar-refractivity contribution in [3.05, 3.63) is 23.5 Å². The Morgan fingerprint density at radius 2 is 2.39 bits per heavy atom. The molecule has 0 saturated carbocycles. The number of ether oxygens (including phenoxy) is 2. The average molecular weight is 249 g/mol. The summed E-state index contributed by atoms with van der Waals surface area (Å²) in [5.41, 5.74) is 1.87. The number of hydrogen-bond donors (Lipinski definition) is 0. The first kappa shape index (κ1) is 11.9. The van der Waals surface area contributed by atoms with Crippen molar-refractivity contribution in [2.24, 2.45) is 0 Å². The first-order chi connectivity index (χ1) is 8.74. The minimum absolute atomic E-state index is 0.215. The summed E-state index contributed by atoms with van der Waals surface area (Å²) in [6, 6.07) is 1.95. The highest BCUT2D eigenvalue weighted by Gasteiger charge is 2.36. The Morgan fingerprint density at radius 3 is 3.11 bits per heavy atom. The topological polar surface area (TPSA) is 40.5 Å². The maximum atomic E-state index is 11.8. The molecule has 0 amide bonds. The zero-order valence-electron chi connectivity index (χ0n) is 10.8. The van der Waals surface area contributed by atoms with Crippen LogP contribution in [0.15, 0.2) is 12.3 Å². The second-order valence-corrected chi connectivity index (χ2v) is 5.27. The number of rotatable bonds is 3. The Kier molecular flexibility index (Phi) is 2.99. The highest BCUT2D eigenvalue weighted by atomic mass is 16.5. The molecular formula is C14H19NO3. The van der Waals surface area contributed by atoms with Gasteiger partial charge in [0.25, 0.3) is 0 Å². The van der Waals surface area contributed by atoms with Crippen molar-refractivity contribution in [2.75, 3.05) is 20.3 Å². The van der Waals surface area contributed by atoms with Crippen LogP contribution < -0.4 is 0 Å². The predicted molar refractivity (Wildman–Crippen MR) is 66.9 cm³/mol. The Labute approximate surface area is 107 Å². The first-order valence-corrected chi connectivity index (χ1v) is 6.58. The molecule has 98 valence electrons. The maximum absolute atomic E-state index is 11.8. The van der Waals surface area contributed by atoms with E-state index in [0.29, 0.717) is 13.0 Å². The summed E-state index contributed by atoms with van der Waals surface area (Å²) in [7, 11) is 1.75. The number of hydrogen-bond acceptors (Lipinski definition) is 3. The molecule has 4 nitrogen and oxygen atoms in total. The molecule has 2 heterocycles. The van der Waals surface area contributed by atoms with Crippen molar-refractivity contribution in [2.45, 2.75) is 37.8 Å². The van der Waals surface area contributed by atoms with Crippen molar-refractivity contribution < 1.29 is 14.3 Å². The van der Waals surface area contributed by atoms with E-state index in [1.165, 1.54) is 5.69 Å². The number of aromatic nitrogens is 1. The SMILES string of the molecule is COC1(Cn2ccc3c2CCCC3=O)CCOC1. The molecule has 18 heavy (non-hydrogen) atoms. The van der Waals surface area contributed by atoms with Crippen LogP contribution in [0.4, 0.5) is 0 Å². The van der Waals surface area contributed by atoms with E-state index in [9.17, 15) is 4.79 Å². The van der Waals surface area contributed by atoms with Crippen LogP contribution in [0.3, 0.4) is 0 Å². The van der Waals surface area contributed by atoms with E-state index in [1.807, 2.05) is 12.3 Å². The minimum Gasteiger partial charge on any atom is -0.378 e. The molecule has 1 aromatic rings. The first-order valence-electron chi connectivity index (χ1n) is 6.58. The highest BCUT2D eigenvalue weighted by molar-refractivity contribution is 5.98. The van der Waals surface area contributed by atoms with Gasteiger partial charge < -0.3 is 14.0 Å². The molecule has 1 aliphatic carbocycles. The fraction of sp³-hybridized carbons (Fsp3) is 0.643. The van der Waals surface area contributed by atoms with Crippen molar-refractivity contribution in [1.82, 2.24) is 4.57 Å². The average Bonchev–Trinajstić information content (AvgIpc) is 2.99. The lowest BCUT2D eigenvalue weighted by Crippen LogP contribution is -2.37. The van der Waals surface area contributed by atoms with Gasteiger partial charge in [0.15, 0.2) is 5.78 Å². The van der Waals surface area contributed by atoms with Crippen LogP contribution in [0.1, 0.15) is 35.3 Å². The zero-order chi connectivity index (χ0) is 12.6. The van der Waals surface area contributed by atoms with Gasteiger partial charge >= 0.3 is 0 Å². The summed E-state index contributed by atoms with van der Waals surface area (Å²) >= 11 is 0. The van der Waals surface area contributed by atoms with Crippen LogP contribution in [-0.4, -0.2) is 36.3 Å². The molecule has 0 spiro atoms. The molecule has 2 aliphatic rings. The fourth-order valence-corrected chi connectivity index (χ4v) is 2.99. The summed E-state index contributed by atoms with van der Waals surface area (Å²) in [6.45, 7) is 2.19. The van der Waals surface area contributed by atoms with Crippen molar-refractivity contribution in [3.63, 3.8) is 0 Å². The highest BCUT2D eigenvalue weighted by Crippen LogP contribution is 2.28. The fourth-order valence-electron chi connectivity index (χ4n) is 2.99. The Bertz CT molecular complexity index is 458. The molecule has 1 saturated heterocycles. The molecule has 0 aromatic carbocycles. The molecule has 1 atom stereocenters. The lowest BCUT2D eigenvalue weighted by Gasteiger charge is -2.28. The predicted octanol–water partition coefficient (Wildman–Crippen LogP) is 1.81. The molecular weight excluding hydrogens is 230 g/mol. The number of methoxy groups -OCH3 is 1. The van der Waals surface area contributed by atoms with Gasteiger partial charge in [0, 0.05) is 44.0 Å². The molecule has 3 rings (SSSR count).